The minimum atomic E-state index is -0.713. The lowest BCUT2D eigenvalue weighted by Crippen LogP contribution is -2.25. The van der Waals surface area contributed by atoms with Crippen molar-refractivity contribution in [3.63, 3.8) is 0 Å². The number of nitrogens with one attached hydrogen (secondary N) is 1. The lowest BCUT2D eigenvalue weighted by Gasteiger charge is -2.14. The molecular formula is C24H20F2N4OS. The fourth-order valence-corrected chi connectivity index (χ4v) is 4.14. The van der Waals surface area contributed by atoms with Crippen molar-refractivity contribution < 1.29 is 13.6 Å². The zero-order valence-corrected chi connectivity index (χ0v) is 18.3. The average molecular weight is 451 g/mol. The minimum absolute atomic E-state index is 0.104. The molecule has 0 radical (unpaired) electrons. The van der Waals surface area contributed by atoms with Crippen LogP contribution in [0.4, 0.5) is 8.78 Å². The second-order valence-electron chi connectivity index (χ2n) is 8.11. The van der Waals surface area contributed by atoms with E-state index in [1.807, 2.05) is 25.1 Å². The summed E-state index contributed by atoms with van der Waals surface area (Å²) in [5.41, 5.74) is 3.34. The molecule has 1 aliphatic rings. The number of carbonyl (C=O) groups is 1. The number of hydrogen-bond acceptors (Lipinski definition) is 3. The van der Waals surface area contributed by atoms with Gasteiger partial charge in [-0.05, 0) is 61.2 Å². The Morgan fingerprint density at radius 3 is 2.53 bits per heavy atom. The molecule has 1 saturated carbocycles. The maximum absolute atomic E-state index is 14.4. The number of para-hydroxylation sites is 1. The number of rotatable bonds is 4. The number of amides is 1. The van der Waals surface area contributed by atoms with E-state index in [2.05, 4.69) is 10.4 Å². The molecule has 0 saturated heterocycles. The molecular weight excluding hydrogens is 430 g/mol. The van der Waals surface area contributed by atoms with Gasteiger partial charge in [0, 0.05) is 29.6 Å². The predicted molar refractivity (Wildman–Crippen MR) is 121 cm³/mol. The molecule has 2 heterocycles. The number of fused-ring (bicyclic) bond motifs is 1. The van der Waals surface area contributed by atoms with Gasteiger partial charge in [-0.2, -0.15) is 5.10 Å². The van der Waals surface area contributed by atoms with E-state index < -0.39 is 11.6 Å². The molecule has 0 atom stereocenters. The van der Waals surface area contributed by atoms with Gasteiger partial charge >= 0.3 is 0 Å². The second-order valence-corrected chi connectivity index (χ2v) is 8.49. The number of hydrogen-bond donors (Lipinski definition) is 1. The van der Waals surface area contributed by atoms with Gasteiger partial charge in [0.2, 0.25) is 0 Å². The van der Waals surface area contributed by atoms with Gasteiger partial charge < -0.3 is 9.88 Å². The van der Waals surface area contributed by atoms with Gasteiger partial charge in [0.1, 0.15) is 16.0 Å². The Morgan fingerprint density at radius 1 is 1.12 bits per heavy atom. The van der Waals surface area contributed by atoms with Crippen LogP contribution in [0.5, 0.6) is 0 Å². The molecule has 1 N–H and O–H groups in total. The Kier molecular flexibility index (Phi) is 4.89. The van der Waals surface area contributed by atoms with Crippen LogP contribution in [0.2, 0.25) is 0 Å². The third-order valence-electron chi connectivity index (χ3n) is 5.78. The van der Waals surface area contributed by atoms with Crippen LogP contribution < -0.4 is 5.32 Å². The SMILES string of the molecule is Cc1ccc(C(=O)NC2CC2)cc1-c1cc2cnn(-c3c(F)cccc3F)c2n(C)c1=S. The Balaban J connectivity index is 1.67. The first-order valence-corrected chi connectivity index (χ1v) is 10.7. The molecule has 5 rings (SSSR count). The molecule has 162 valence electrons. The number of pyridine rings is 1. The third-order valence-corrected chi connectivity index (χ3v) is 6.27. The third kappa shape index (κ3) is 3.40. The summed E-state index contributed by atoms with van der Waals surface area (Å²) in [6.45, 7) is 1.95. The Morgan fingerprint density at radius 2 is 1.84 bits per heavy atom. The average Bonchev–Trinajstić information content (AvgIpc) is 3.48. The van der Waals surface area contributed by atoms with Crippen molar-refractivity contribution in [1.82, 2.24) is 19.7 Å². The summed E-state index contributed by atoms with van der Waals surface area (Å²) in [6, 6.07) is 11.3. The quantitative estimate of drug-likeness (QED) is 0.433. The molecule has 0 spiro atoms. The number of aryl methyl sites for hydroxylation is 2. The number of nitrogens with zero attached hydrogens (tertiary/aromatic N) is 3. The first-order chi connectivity index (χ1) is 15.3. The van der Waals surface area contributed by atoms with Crippen LogP contribution in [0.3, 0.4) is 0 Å². The van der Waals surface area contributed by atoms with Crippen molar-refractivity contribution >= 4 is 29.2 Å². The van der Waals surface area contributed by atoms with Crippen LogP contribution in [0.1, 0.15) is 28.8 Å². The van der Waals surface area contributed by atoms with Gasteiger partial charge in [0.25, 0.3) is 5.91 Å². The smallest absolute Gasteiger partial charge is 0.251 e. The van der Waals surface area contributed by atoms with Gasteiger partial charge in [-0.3, -0.25) is 4.79 Å². The fraction of sp³-hybridized carbons (Fsp3) is 0.208. The molecule has 4 aromatic rings. The van der Waals surface area contributed by atoms with Crippen molar-refractivity contribution in [2.24, 2.45) is 7.05 Å². The summed E-state index contributed by atoms with van der Waals surface area (Å²) < 4.78 is 32.2. The van der Waals surface area contributed by atoms with Crippen LogP contribution in [0.15, 0.2) is 48.7 Å². The van der Waals surface area contributed by atoms with E-state index in [1.165, 1.54) is 22.9 Å². The molecule has 1 amide bonds. The van der Waals surface area contributed by atoms with Crippen molar-refractivity contribution in [2.75, 3.05) is 0 Å². The van der Waals surface area contributed by atoms with E-state index in [0.717, 1.165) is 29.5 Å². The van der Waals surface area contributed by atoms with E-state index in [-0.39, 0.29) is 17.6 Å². The van der Waals surface area contributed by atoms with E-state index in [4.69, 9.17) is 12.2 Å². The molecule has 1 fully saturated rings. The summed E-state index contributed by atoms with van der Waals surface area (Å²) in [5.74, 6) is -1.53. The summed E-state index contributed by atoms with van der Waals surface area (Å²) in [6.07, 6.45) is 3.58. The first kappa shape index (κ1) is 20.5. The number of carbonyl (C=O) groups excluding carboxylic acids is 1. The van der Waals surface area contributed by atoms with Crippen molar-refractivity contribution in [3.8, 4) is 16.8 Å². The van der Waals surface area contributed by atoms with Gasteiger partial charge in [0.15, 0.2) is 11.6 Å². The number of benzene rings is 2. The molecule has 0 bridgehead atoms. The van der Waals surface area contributed by atoms with Crippen LogP contribution >= 0.6 is 12.2 Å². The van der Waals surface area contributed by atoms with Crippen LogP contribution in [0, 0.1) is 23.2 Å². The number of halogens is 2. The highest BCUT2D eigenvalue weighted by atomic mass is 32.1. The molecule has 32 heavy (non-hydrogen) atoms. The lowest BCUT2D eigenvalue weighted by molar-refractivity contribution is 0.0951. The first-order valence-electron chi connectivity index (χ1n) is 10.3. The van der Waals surface area contributed by atoms with Crippen LogP contribution in [-0.2, 0) is 7.05 Å². The van der Waals surface area contributed by atoms with E-state index in [9.17, 15) is 13.6 Å². The monoisotopic (exact) mass is 450 g/mol. The van der Waals surface area contributed by atoms with Gasteiger partial charge in [-0.25, -0.2) is 13.5 Å². The topological polar surface area (TPSA) is 51.9 Å². The van der Waals surface area contributed by atoms with Crippen molar-refractivity contribution in [3.05, 3.63) is 76.1 Å². The highest BCUT2D eigenvalue weighted by Crippen LogP contribution is 2.31. The van der Waals surface area contributed by atoms with Crippen LogP contribution in [-0.4, -0.2) is 26.3 Å². The van der Waals surface area contributed by atoms with Gasteiger partial charge in [-0.1, -0.05) is 24.4 Å². The van der Waals surface area contributed by atoms with E-state index in [1.54, 1.807) is 23.9 Å². The highest BCUT2D eigenvalue weighted by Gasteiger charge is 2.24. The van der Waals surface area contributed by atoms with Crippen LogP contribution in [0.25, 0.3) is 27.8 Å². The zero-order chi connectivity index (χ0) is 22.6. The second kappa shape index (κ2) is 7.63. The molecule has 2 aromatic carbocycles. The van der Waals surface area contributed by atoms with E-state index in [0.29, 0.717) is 21.2 Å². The van der Waals surface area contributed by atoms with Crippen molar-refractivity contribution in [2.45, 2.75) is 25.8 Å². The maximum Gasteiger partial charge on any atom is 0.251 e. The molecule has 2 aromatic heterocycles. The summed E-state index contributed by atoms with van der Waals surface area (Å²) in [7, 11) is 1.74. The summed E-state index contributed by atoms with van der Waals surface area (Å²) in [5, 5.41) is 7.91. The zero-order valence-electron chi connectivity index (χ0n) is 17.5. The Bertz CT molecular complexity index is 1430. The molecule has 1 aliphatic carbocycles. The minimum Gasteiger partial charge on any atom is -0.349 e. The maximum atomic E-state index is 14.4. The molecule has 5 nitrogen and oxygen atoms in total. The summed E-state index contributed by atoms with van der Waals surface area (Å²) in [4.78, 5) is 12.6. The fourth-order valence-electron chi connectivity index (χ4n) is 3.88. The largest absolute Gasteiger partial charge is 0.349 e. The van der Waals surface area contributed by atoms with Gasteiger partial charge in [0.05, 0.1) is 6.20 Å². The standard InChI is InChI=1S/C24H20F2N4OS/c1-13-6-7-14(22(31)28-16-8-9-16)10-17(13)18-11-15-12-27-30(23(15)29(2)24(18)32)21-19(25)4-3-5-20(21)26/h3-7,10-12,16H,8-9H2,1-2H3,(H,28,31). The lowest BCUT2D eigenvalue weighted by atomic mass is 9.98. The summed E-state index contributed by atoms with van der Waals surface area (Å²) >= 11 is 5.73. The number of aromatic nitrogens is 3. The van der Waals surface area contributed by atoms with Crippen molar-refractivity contribution in [1.29, 1.82) is 0 Å². The normalized spacial score (nSPS) is 13.5. The Hall–Kier alpha value is -3.39. The van der Waals surface area contributed by atoms with E-state index >= 15 is 0 Å². The Labute approximate surface area is 188 Å². The molecule has 8 heteroatoms. The molecule has 0 unspecified atom stereocenters. The van der Waals surface area contributed by atoms with Gasteiger partial charge in [-0.15, -0.1) is 0 Å². The molecule has 0 aliphatic heterocycles. The predicted octanol–water partition coefficient (Wildman–Crippen LogP) is 5.24. The highest BCUT2D eigenvalue weighted by molar-refractivity contribution is 7.71.